The van der Waals surface area contributed by atoms with Gasteiger partial charge in [0.25, 0.3) is 0 Å². The van der Waals surface area contributed by atoms with Gasteiger partial charge in [-0.15, -0.1) is 29.9 Å². The number of rotatable bonds is 6. The van der Waals surface area contributed by atoms with Crippen LogP contribution in [0, 0.1) is 0 Å². The second-order valence-corrected chi connectivity index (χ2v) is 7.41. The molecule has 2 N–H and O–H groups in total. The zero-order valence-corrected chi connectivity index (χ0v) is 18.8. The summed E-state index contributed by atoms with van der Waals surface area (Å²) in [5, 5.41) is 14.8. The normalized spacial score (nSPS) is 21.5. The van der Waals surface area contributed by atoms with Crippen LogP contribution in [0.15, 0.2) is 30.5 Å². The van der Waals surface area contributed by atoms with E-state index in [0.717, 1.165) is 57.1 Å². The van der Waals surface area contributed by atoms with Crippen molar-refractivity contribution in [1.29, 1.82) is 0 Å². The maximum Gasteiger partial charge on any atom is 0.237 e. The van der Waals surface area contributed by atoms with Crippen molar-refractivity contribution < 1.29 is 9.53 Å². The van der Waals surface area contributed by atoms with E-state index in [1.165, 1.54) is 5.56 Å². The van der Waals surface area contributed by atoms with E-state index in [-0.39, 0.29) is 42.8 Å². The molecule has 2 fully saturated rings. The number of hydrogen-bond acceptors (Lipinski definition) is 6. The number of ether oxygens (including phenoxy) is 1. The molecule has 0 radical (unpaired) electrons. The van der Waals surface area contributed by atoms with Gasteiger partial charge in [-0.25, -0.2) is 4.68 Å². The summed E-state index contributed by atoms with van der Waals surface area (Å²) < 4.78 is 7.28. The van der Waals surface area contributed by atoms with Gasteiger partial charge in [-0.3, -0.25) is 9.69 Å². The van der Waals surface area contributed by atoms with E-state index in [2.05, 4.69) is 50.1 Å². The number of nitrogens with zero attached hydrogens (tertiary/aromatic N) is 4. The molecule has 0 unspecified atom stereocenters. The van der Waals surface area contributed by atoms with Crippen LogP contribution in [-0.2, 0) is 16.1 Å². The van der Waals surface area contributed by atoms with E-state index < -0.39 is 0 Å². The number of nitrogens with one attached hydrogen (secondary N) is 2. The van der Waals surface area contributed by atoms with Crippen LogP contribution >= 0.6 is 24.8 Å². The average Bonchev–Trinajstić information content (AvgIpc) is 3.39. The third-order valence-electron chi connectivity index (χ3n) is 5.42. The van der Waals surface area contributed by atoms with Crippen molar-refractivity contribution in [3.63, 3.8) is 0 Å². The van der Waals surface area contributed by atoms with Crippen molar-refractivity contribution in [1.82, 2.24) is 30.5 Å². The molecule has 8 nitrogen and oxygen atoms in total. The lowest BCUT2D eigenvalue weighted by Gasteiger charge is -2.26. The first-order valence-electron chi connectivity index (χ1n) is 10.1. The highest BCUT2D eigenvalue weighted by atomic mass is 35.5. The van der Waals surface area contributed by atoms with E-state index in [9.17, 15) is 4.79 Å². The van der Waals surface area contributed by atoms with E-state index in [1.54, 1.807) is 0 Å². The van der Waals surface area contributed by atoms with Crippen molar-refractivity contribution in [3.8, 4) is 11.3 Å². The topological polar surface area (TPSA) is 84.3 Å². The SMILES string of the molecule is CCNC(=O)[C@@H]1C[C@@H](n2cc(-c3ccc(CN4CCOCC4)cc3)nn2)CN1.Cl.Cl. The lowest BCUT2D eigenvalue weighted by atomic mass is 10.1. The highest BCUT2D eigenvalue weighted by Gasteiger charge is 2.30. The van der Waals surface area contributed by atoms with Crippen LogP contribution in [0.3, 0.4) is 0 Å². The Kier molecular flexibility index (Phi) is 9.51. The summed E-state index contributed by atoms with van der Waals surface area (Å²) in [5.41, 5.74) is 3.21. The van der Waals surface area contributed by atoms with Crippen LogP contribution < -0.4 is 10.6 Å². The molecule has 0 bridgehead atoms. The zero-order chi connectivity index (χ0) is 19.3. The van der Waals surface area contributed by atoms with Crippen molar-refractivity contribution in [2.45, 2.75) is 32.0 Å². The van der Waals surface area contributed by atoms with Crippen LogP contribution in [0.1, 0.15) is 24.9 Å². The van der Waals surface area contributed by atoms with Crippen LogP contribution in [0.4, 0.5) is 0 Å². The molecular weight excluding hydrogens is 427 g/mol. The summed E-state index contributed by atoms with van der Waals surface area (Å²) in [6, 6.07) is 8.52. The molecule has 0 aliphatic carbocycles. The van der Waals surface area contributed by atoms with E-state index in [1.807, 2.05) is 17.8 Å². The summed E-state index contributed by atoms with van der Waals surface area (Å²) in [5.74, 6) is 0.0567. The van der Waals surface area contributed by atoms with Crippen molar-refractivity contribution in [3.05, 3.63) is 36.0 Å². The van der Waals surface area contributed by atoms with Gasteiger partial charge in [0, 0.05) is 38.3 Å². The van der Waals surface area contributed by atoms with Gasteiger partial charge in [-0.2, -0.15) is 0 Å². The molecule has 10 heteroatoms. The Bertz CT molecular complexity index is 795. The molecule has 1 amide bonds. The lowest BCUT2D eigenvalue weighted by molar-refractivity contribution is -0.122. The fourth-order valence-corrected chi connectivity index (χ4v) is 3.80. The molecule has 0 saturated carbocycles. The molecule has 1 aromatic carbocycles. The fourth-order valence-electron chi connectivity index (χ4n) is 3.80. The fraction of sp³-hybridized carbons (Fsp3) is 0.550. The molecule has 2 aliphatic rings. The van der Waals surface area contributed by atoms with Crippen LogP contribution in [-0.4, -0.2) is 71.2 Å². The number of aromatic nitrogens is 3. The molecule has 2 saturated heterocycles. The Morgan fingerprint density at radius 2 is 1.97 bits per heavy atom. The summed E-state index contributed by atoms with van der Waals surface area (Å²) in [4.78, 5) is 14.4. The number of likely N-dealkylation sites (N-methyl/N-ethyl adjacent to an activating group) is 1. The summed E-state index contributed by atoms with van der Waals surface area (Å²) in [6.45, 7) is 7.87. The van der Waals surface area contributed by atoms with Crippen LogP contribution in [0.5, 0.6) is 0 Å². The second-order valence-electron chi connectivity index (χ2n) is 7.41. The Morgan fingerprint density at radius 1 is 1.23 bits per heavy atom. The van der Waals surface area contributed by atoms with E-state index >= 15 is 0 Å². The van der Waals surface area contributed by atoms with Gasteiger partial charge in [0.05, 0.1) is 31.5 Å². The molecule has 30 heavy (non-hydrogen) atoms. The Hall–Kier alpha value is -1.71. The van der Waals surface area contributed by atoms with Crippen molar-refractivity contribution >= 4 is 30.7 Å². The second kappa shape index (κ2) is 11.6. The summed E-state index contributed by atoms with van der Waals surface area (Å²) in [7, 11) is 0. The first kappa shape index (κ1) is 24.6. The summed E-state index contributed by atoms with van der Waals surface area (Å²) >= 11 is 0. The number of hydrogen-bond donors (Lipinski definition) is 2. The smallest absolute Gasteiger partial charge is 0.237 e. The van der Waals surface area contributed by atoms with Gasteiger partial charge in [0.1, 0.15) is 5.69 Å². The molecule has 3 heterocycles. The standard InChI is InChI=1S/C20H28N6O2.2ClH/c1-2-21-20(27)18-11-17(12-22-18)26-14-19(23-24-26)16-5-3-15(4-6-16)13-25-7-9-28-10-8-25;;/h3-6,14,17-18,22H,2,7-13H2,1H3,(H,21,27);2*1H/t17-,18+;;/m1../s1. The van der Waals surface area contributed by atoms with Crippen molar-refractivity contribution in [2.24, 2.45) is 0 Å². The minimum atomic E-state index is -0.155. The number of benzene rings is 1. The number of halogens is 2. The molecule has 1 aromatic heterocycles. The predicted molar refractivity (Wildman–Crippen MR) is 120 cm³/mol. The average molecular weight is 457 g/mol. The molecule has 2 aromatic rings. The zero-order valence-electron chi connectivity index (χ0n) is 17.1. The Morgan fingerprint density at radius 3 is 2.67 bits per heavy atom. The third-order valence-corrected chi connectivity index (χ3v) is 5.42. The Labute approximate surface area is 189 Å². The molecule has 2 atom stereocenters. The Balaban J connectivity index is 0.00000160. The van der Waals surface area contributed by atoms with E-state index in [0.29, 0.717) is 6.54 Å². The van der Waals surface area contributed by atoms with Gasteiger partial charge < -0.3 is 15.4 Å². The lowest BCUT2D eigenvalue weighted by Crippen LogP contribution is -2.40. The monoisotopic (exact) mass is 456 g/mol. The molecule has 2 aliphatic heterocycles. The number of carbonyl (C=O) groups excluding carboxylic acids is 1. The summed E-state index contributed by atoms with van der Waals surface area (Å²) in [6.07, 6.45) is 2.70. The molecular formula is C20H30Cl2N6O2. The highest BCUT2D eigenvalue weighted by molar-refractivity contribution is 5.85. The quantitative estimate of drug-likeness (QED) is 0.687. The van der Waals surface area contributed by atoms with Gasteiger partial charge in [0.2, 0.25) is 5.91 Å². The van der Waals surface area contributed by atoms with Gasteiger partial charge >= 0.3 is 0 Å². The van der Waals surface area contributed by atoms with Crippen LogP contribution in [0.25, 0.3) is 11.3 Å². The van der Waals surface area contributed by atoms with Gasteiger partial charge in [-0.1, -0.05) is 29.5 Å². The molecule has 166 valence electrons. The maximum atomic E-state index is 12.0. The van der Waals surface area contributed by atoms with Gasteiger partial charge in [-0.05, 0) is 18.9 Å². The van der Waals surface area contributed by atoms with Gasteiger partial charge in [0.15, 0.2) is 0 Å². The largest absolute Gasteiger partial charge is 0.379 e. The molecule has 4 rings (SSSR count). The molecule has 0 spiro atoms. The highest BCUT2D eigenvalue weighted by Crippen LogP contribution is 2.23. The minimum absolute atomic E-state index is 0. The number of carbonyl (C=O) groups is 1. The third kappa shape index (κ3) is 5.92. The van der Waals surface area contributed by atoms with Crippen LogP contribution in [0.2, 0.25) is 0 Å². The predicted octanol–water partition coefficient (Wildman–Crippen LogP) is 1.66. The first-order chi connectivity index (χ1) is 13.7. The van der Waals surface area contributed by atoms with E-state index in [4.69, 9.17) is 4.74 Å². The maximum absolute atomic E-state index is 12.0. The minimum Gasteiger partial charge on any atom is -0.379 e. The van der Waals surface area contributed by atoms with Crippen molar-refractivity contribution in [2.75, 3.05) is 39.4 Å². The number of morpholine rings is 1. The first-order valence-corrected chi connectivity index (χ1v) is 10.1. The number of amides is 1.